The summed E-state index contributed by atoms with van der Waals surface area (Å²) in [5.41, 5.74) is 24.8. The number of furan rings is 1. The van der Waals surface area contributed by atoms with Crippen LogP contribution in [0.25, 0.3) is 99.8 Å². The summed E-state index contributed by atoms with van der Waals surface area (Å²) in [6, 6.07) is 69.4. The van der Waals surface area contributed by atoms with E-state index in [4.69, 9.17) is 4.42 Å². The van der Waals surface area contributed by atoms with Gasteiger partial charge in [-0.15, -0.1) is 9.24 Å². The summed E-state index contributed by atoms with van der Waals surface area (Å²) >= 11 is 0. The standard InChI is InChI=1S/C60H45OP/c1-59(2)51-26-25-46-45-23-18-42(40-21-28-55-50(33-40)49-32-39(20-27-54(49)61-55)37-14-9-6-10-15-37)34-52(45)60(3,4)58(46)57(51)47-24-19-43(35-53(47)59)41-22-29-56(62)48(31-41)44-17-11-16-38(30-44)36-12-7-5-8-13-36/h5-35H,62H2,1-4H3. The molecular formula is C60H45OP. The fourth-order valence-corrected chi connectivity index (χ4v) is 11.1. The predicted octanol–water partition coefficient (Wildman–Crippen LogP) is 16.0. The molecule has 1 heterocycles. The molecule has 0 aliphatic heterocycles. The molecule has 12 rings (SSSR count). The molecule has 0 N–H and O–H groups in total. The minimum absolute atomic E-state index is 0.151. The third-order valence-electron chi connectivity index (χ3n) is 14.0. The average molecular weight is 813 g/mol. The van der Waals surface area contributed by atoms with Crippen LogP contribution >= 0.6 is 9.24 Å². The van der Waals surface area contributed by atoms with Crippen LogP contribution in [0.1, 0.15) is 49.9 Å². The second-order valence-corrected chi connectivity index (χ2v) is 18.9. The molecule has 0 bridgehead atoms. The van der Waals surface area contributed by atoms with Crippen LogP contribution in [0.5, 0.6) is 0 Å². The van der Waals surface area contributed by atoms with Gasteiger partial charge in [0.2, 0.25) is 0 Å². The molecule has 0 saturated carbocycles. The summed E-state index contributed by atoms with van der Waals surface area (Å²) in [5, 5.41) is 3.49. The maximum atomic E-state index is 6.35. The Labute approximate surface area is 365 Å². The van der Waals surface area contributed by atoms with Gasteiger partial charge in [-0.25, -0.2) is 0 Å². The lowest BCUT2D eigenvalue weighted by atomic mass is 9.77. The lowest BCUT2D eigenvalue weighted by Crippen LogP contribution is -2.18. The Hall–Kier alpha value is -6.79. The first kappa shape index (κ1) is 37.0. The fraction of sp³-hybridized carbons (Fsp3) is 0.100. The van der Waals surface area contributed by atoms with Gasteiger partial charge in [-0.1, -0.05) is 167 Å². The van der Waals surface area contributed by atoms with E-state index in [0.29, 0.717) is 0 Å². The number of hydrogen-bond acceptors (Lipinski definition) is 1. The Kier molecular flexibility index (Phi) is 8.12. The van der Waals surface area contributed by atoms with Crippen molar-refractivity contribution >= 4 is 36.5 Å². The van der Waals surface area contributed by atoms with Crippen molar-refractivity contribution < 1.29 is 4.42 Å². The highest BCUT2D eigenvalue weighted by Gasteiger charge is 2.44. The van der Waals surface area contributed by atoms with Crippen molar-refractivity contribution in [1.29, 1.82) is 0 Å². The van der Waals surface area contributed by atoms with Gasteiger partial charge in [0.1, 0.15) is 11.2 Å². The Morgan fingerprint density at radius 3 is 1.48 bits per heavy atom. The van der Waals surface area contributed by atoms with Gasteiger partial charge in [0.25, 0.3) is 0 Å². The van der Waals surface area contributed by atoms with E-state index in [1.165, 1.54) is 105 Å². The van der Waals surface area contributed by atoms with Gasteiger partial charge < -0.3 is 4.42 Å². The van der Waals surface area contributed by atoms with Gasteiger partial charge >= 0.3 is 0 Å². The molecule has 2 aliphatic rings. The zero-order chi connectivity index (χ0) is 41.9. The van der Waals surface area contributed by atoms with E-state index in [1.54, 1.807) is 0 Å². The molecule has 1 unspecified atom stereocenters. The first-order valence-electron chi connectivity index (χ1n) is 21.7. The van der Waals surface area contributed by atoms with E-state index >= 15 is 0 Å². The molecular weight excluding hydrogens is 768 g/mol. The maximum absolute atomic E-state index is 6.35. The molecule has 10 aromatic rings. The van der Waals surface area contributed by atoms with E-state index in [2.05, 4.69) is 225 Å². The first-order chi connectivity index (χ1) is 30.1. The van der Waals surface area contributed by atoms with Gasteiger partial charge in [-0.05, 0) is 154 Å². The molecule has 2 heteroatoms. The third kappa shape index (κ3) is 5.58. The molecule has 1 aromatic heterocycles. The lowest BCUT2D eigenvalue weighted by molar-refractivity contribution is 0.647. The van der Waals surface area contributed by atoms with Crippen molar-refractivity contribution in [1.82, 2.24) is 0 Å². The number of rotatable bonds is 5. The van der Waals surface area contributed by atoms with Gasteiger partial charge in [-0.2, -0.15) is 0 Å². The topological polar surface area (TPSA) is 13.1 Å². The lowest BCUT2D eigenvalue weighted by Gasteiger charge is -2.26. The Bertz CT molecular complexity index is 3460. The molecule has 0 spiro atoms. The van der Waals surface area contributed by atoms with Crippen LogP contribution in [0.15, 0.2) is 192 Å². The maximum Gasteiger partial charge on any atom is 0.135 e. The fourth-order valence-electron chi connectivity index (χ4n) is 10.7. The molecule has 1 atom stereocenters. The first-order valence-corrected chi connectivity index (χ1v) is 22.3. The van der Waals surface area contributed by atoms with Gasteiger partial charge in [0.15, 0.2) is 0 Å². The molecule has 9 aromatic carbocycles. The van der Waals surface area contributed by atoms with Crippen LogP contribution in [0.4, 0.5) is 0 Å². The molecule has 1 nitrogen and oxygen atoms in total. The highest BCUT2D eigenvalue weighted by Crippen LogP contribution is 2.59. The van der Waals surface area contributed by atoms with Crippen LogP contribution in [-0.2, 0) is 10.8 Å². The summed E-state index contributed by atoms with van der Waals surface area (Å²) in [6.45, 7) is 9.67. The van der Waals surface area contributed by atoms with Crippen molar-refractivity contribution in [2.24, 2.45) is 0 Å². The van der Waals surface area contributed by atoms with E-state index in [0.717, 1.165) is 21.9 Å². The normalized spacial score (nSPS) is 14.1. The summed E-state index contributed by atoms with van der Waals surface area (Å²) in [4.78, 5) is 0. The van der Waals surface area contributed by atoms with E-state index in [-0.39, 0.29) is 10.8 Å². The summed E-state index contributed by atoms with van der Waals surface area (Å²) in [5.74, 6) is 0. The van der Waals surface area contributed by atoms with Crippen LogP contribution in [0.2, 0.25) is 0 Å². The van der Waals surface area contributed by atoms with Gasteiger partial charge in [0.05, 0.1) is 0 Å². The average Bonchev–Trinajstić information content (AvgIpc) is 3.88. The van der Waals surface area contributed by atoms with E-state index in [9.17, 15) is 0 Å². The molecule has 0 amide bonds. The van der Waals surface area contributed by atoms with E-state index < -0.39 is 0 Å². The summed E-state index contributed by atoms with van der Waals surface area (Å²) < 4.78 is 6.35. The largest absolute Gasteiger partial charge is 0.456 e. The van der Waals surface area contributed by atoms with Gasteiger partial charge in [-0.3, -0.25) is 0 Å². The molecule has 0 saturated heterocycles. The molecule has 0 fully saturated rings. The summed E-state index contributed by atoms with van der Waals surface area (Å²) in [7, 11) is 2.97. The predicted molar refractivity (Wildman–Crippen MR) is 265 cm³/mol. The van der Waals surface area contributed by atoms with Crippen molar-refractivity contribution in [2.45, 2.75) is 38.5 Å². The van der Waals surface area contributed by atoms with Crippen molar-refractivity contribution in [3.8, 4) is 77.9 Å². The Morgan fingerprint density at radius 1 is 0.339 bits per heavy atom. The molecule has 62 heavy (non-hydrogen) atoms. The van der Waals surface area contributed by atoms with Crippen LogP contribution in [-0.4, -0.2) is 0 Å². The van der Waals surface area contributed by atoms with Crippen LogP contribution in [0, 0.1) is 0 Å². The number of hydrogen-bond donors (Lipinski definition) is 0. The molecule has 2 aliphatic carbocycles. The SMILES string of the molecule is CC1(C)c2cc(-c3ccc(P)c(-c4cccc(-c5ccccc5)c4)c3)ccc2-c2c1ccc1c2C(C)(C)c2cc(-c3ccc4oc5ccc(-c6ccccc6)cc5c4c3)ccc2-1. The third-order valence-corrected chi connectivity index (χ3v) is 14.5. The van der Waals surface area contributed by atoms with Crippen molar-refractivity contribution in [2.75, 3.05) is 0 Å². The van der Waals surface area contributed by atoms with Gasteiger partial charge in [0, 0.05) is 21.6 Å². The smallest absolute Gasteiger partial charge is 0.135 e. The zero-order valence-corrected chi connectivity index (χ0v) is 36.5. The minimum atomic E-state index is -0.197. The minimum Gasteiger partial charge on any atom is -0.456 e. The van der Waals surface area contributed by atoms with Crippen molar-refractivity contribution in [3.05, 3.63) is 210 Å². The zero-order valence-electron chi connectivity index (χ0n) is 35.4. The number of benzene rings is 9. The summed E-state index contributed by atoms with van der Waals surface area (Å²) in [6.07, 6.45) is 0. The highest BCUT2D eigenvalue weighted by molar-refractivity contribution is 7.28. The Morgan fingerprint density at radius 2 is 0.823 bits per heavy atom. The van der Waals surface area contributed by atoms with E-state index in [1.807, 2.05) is 0 Å². The second kappa shape index (κ2) is 13.6. The second-order valence-electron chi connectivity index (χ2n) is 18.3. The molecule has 296 valence electrons. The van der Waals surface area contributed by atoms with Crippen molar-refractivity contribution in [3.63, 3.8) is 0 Å². The van der Waals surface area contributed by atoms with Crippen LogP contribution in [0.3, 0.4) is 0 Å². The molecule has 0 radical (unpaired) electrons. The highest BCUT2D eigenvalue weighted by atomic mass is 31.0. The number of fused-ring (bicyclic) bond motifs is 10. The monoisotopic (exact) mass is 812 g/mol. The Balaban J connectivity index is 0.916. The van der Waals surface area contributed by atoms with Crippen LogP contribution < -0.4 is 5.30 Å². The quantitative estimate of drug-likeness (QED) is 0.158.